The molecule has 12 heteroatoms. The van der Waals surface area contributed by atoms with Gasteiger partial charge in [0.05, 0.1) is 25.7 Å². The first-order valence-corrected chi connectivity index (χ1v) is 8.44. The lowest BCUT2D eigenvalue weighted by molar-refractivity contribution is -0.384. The molecular weight excluding hydrogens is 419 g/mol. The molecule has 3 rings (SSSR count). The van der Waals surface area contributed by atoms with Crippen LogP contribution in [0, 0.1) is 10.1 Å². The lowest BCUT2D eigenvalue weighted by atomic mass is 10.2. The number of carbonyl (C=O) groups excluding carboxylic acids is 1. The quantitative estimate of drug-likeness (QED) is 0.375. The Morgan fingerprint density at radius 3 is 2.44 bits per heavy atom. The maximum atomic E-state index is 12.1. The first-order chi connectivity index (χ1) is 12.8. The van der Waals surface area contributed by atoms with Gasteiger partial charge in [-0.05, 0) is 29.5 Å². The monoisotopic (exact) mass is 426 g/mol. The second kappa shape index (κ2) is 7.87. The van der Waals surface area contributed by atoms with Gasteiger partial charge in [0.15, 0.2) is 0 Å². The van der Waals surface area contributed by atoms with Gasteiger partial charge < -0.3 is 5.32 Å². The van der Waals surface area contributed by atoms with E-state index in [2.05, 4.69) is 20.7 Å². The van der Waals surface area contributed by atoms with Gasteiger partial charge in [0.25, 0.3) is 5.69 Å². The number of nitro groups is 1. The van der Waals surface area contributed by atoms with Gasteiger partial charge in [-0.25, -0.2) is 0 Å². The average Bonchev–Trinajstić information content (AvgIpc) is 3.08. The van der Waals surface area contributed by atoms with Crippen molar-refractivity contribution in [1.82, 2.24) is 20.2 Å². The summed E-state index contributed by atoms with van der Waals surface area (Å²) in [4.78, 5) is 23.4. The standard InChI is InChI=1S/C15H9Cl3N6O3/c16-10-5-12(18)13(6-11(10)17)19-14(25)7-23-21-15(20-22-23)8-1-3-9(4-2-8)24(26)27/h1-6H,7H2,(H,19,25). The number of nitrogens with one attached hydrogen (secondary N) is 1. The van der Waals surface area contributed by atoms with Crippen LogP contribution in [0.4, 0.5) is 11.4 Å². The minimum atomic E-state index is -0.507. The van der Waals surface area contributed by atoms with Gasteiger partial charge in [-0.1, -0.05) is 34.8 Å². The predicted molar refractivity (Wildman–Crippen MR) is 100 cm³/mol. The first-order valence-electron chi connectivity index (χ1n) is 7.30. The Hall–Kier alpha value is -2.75. The van der Waals surface area contributed by atoms with Crippen molar-refractivity contribution in [1.29, 1.82) is 0 Å². The molecule has 0 aliphatic rings. The average molecular weight is 428 g/mol. The highest BCUT2D eigenvalue weighted by Gasteiger charge is 2.13. The summed E-state index contributed by atoms with van der Waals surface area (Å²) in [6.45, 7) is -0.226. The first kappa shape index (κ1) is 19.0. The third-order valence-electron chi connectivity index (χ3n) is 3.36. The maximum Gasteiger partial charge on any atom is 0.269 e. The zero-order chi connectivity index (χ0) is 19.6. The number of aromatic nitrogens is 4. The largest absolute Gasteiger partial charge is 0.323 e. The summed E-state index contributed by atoms with van der Waals surface area (Å²) >= 11 is 17.8. The molecule has 0 atom stereocenters. The van der Waals surface area contributed by atoms with E-state index in [1.807, 2.05) is 0 Å². The van der Waals surface area contributed by atoms with Crippen LogP contribution in [0.5, 0.6) is 0 Å². The molecule has 27 heavy (non-hydrogen) atoms. The third-order valence-corrected chi connectivity index (χ3v) is 4.39. The highest BCUT2D eigenvalue weighted by atomic mass is 35.5. The van der Waals surface area contributed by atoms with E-state index in [0.29, 0.717) is 11.3 Å². The summed E-state index contributed by atoms with van der Waals surface area (Å²) in [5.74, 6) is -0.229. The SMILES string of the molecule is O=C(Cn1nnc(-c2ccc([N+](=O)[O-])cc2)n1)Nc1cc(Cl)c(Cl)cc1Cl. The smallest absolute Gasteiger partial charge is 0.269 e. The minimum absolute atomic E-state index is 0.0518. The number of halogens is 3. The number of benzene rings is 2. The van der Waals surface area contributed by atoms with Crippen molar-refractivity contribution in [3.8, 4) is 11.4 Å². The van der Waals surface area contributed by atoms with Crippen LogP contribution in [0.25, 0.3) is 11.4 Å². The predicted octanol–water partition coefficient (Wildman–Crippen LogP) is 3.85. The number of tetrazole rings is 1. The Balaban J connectivity index is 1.69. The molecule has 0 radical (unpaired) electrons. The zero-order valence-electron chi connectivity index (χ0n) is 13.3. The molecule has 0 fully saturated rings. The van der Waals surface area contributed by atoms with Crippen LogP contribution in [0.2, 0.25) is 15.1 Å². The summed E-state index contributed by atoms with van der Waals surface area (Å²) in [7, 11) is 0. The van der Waals surface area contributed by atoms with Crippen molar-refractivity contribution >= 4 is 52.1 Å². The van der Waals surface area contributed by atoms with Crippen molar-refractivity contribution in [2.75, 3.05) is 5.32 Å². The van der Waals surface area contributed by atoms with Crippen LogP contribution in [-0.4, -0.2) is 31.0 Å². The molecule has 9 nitrogen and oxygen atoms in total. The van der Waals surface area contributed by atoms with E-state index in [-0.39, 0.29) is 33.1 Å². The van der Waals surface area contributed by atoms with Gasteiger partial charge in [0.1, 0.15) is 6.54 Å². The topological polar surface area (TPSA) is 116 Å². The highest BCUT2D eigenvalue weighted by Crippen LogP contribution is 2.32. The fourth-order valence-electron chi connectivity index (χ4n) is 2.09. The van der Waals surface area contributed by atoms with Crippen molar-refractivity contribution in [2.45, 2.75) is 6.54 Å². The molecule has 0 saturated carbocycles. The van der Waals surface area contributed by atoms with Crippen LogP contribution in [-0.2, 0) is 11.3 Å². The molecule has 0 bridgehead atoms. The Bertz CT molecular complexity index is 1020. The highest BCUT2D eigenvalue weighted by molar-refractivity contribution is 6.44. The number of rotatable bonds is 5. The number of nitrogens with zero attached hydrogens (tertiary/aromatic N) is 5. The number of amides is 1. The molecular formula is C15H9Cl3N6O3. The Labute approximate surface area is 167 Å². The summed E-state index contributed by atoms with van der Waals surface area (Å²) in [6, 6.07) is 8.50. The minimum Gasteiger partial charge on any atom is -0.323 e. The van der Waals surface area contributed by atoms with Gasteiger partial charge in [-0.2, -0.15) is 4.80 Å². The van der Waals surface area contributed by atoms with Crippen LogP contribution in [0.3, 0.4) is 0 Å². The van der Waals surface area contributed by atoms with Gasteiger partial charge in [-0.15, -0.1) is 10.2 Å². The zero-order valence-corrected chi connectivity index (χ0v) is 15.5. The van der Waals surface area contributed by atoms with Crippen molar-refractivity contribution < 1.29 is 9.72 Å². The number of anilines is 1. The van der Waals surface area contributed by atoms with E-state index in [1.54, 1.807) is 0 Å². The van der Waals surface area contributed by atoms with Gasteiger partial charge >= 0.3 is 0 Å². The molecule has 1 amide bonds. The molecule has 0 aliphatic carbocycles. The van der Waals surface area contributed by atoms with Crippen molar-refractivity contribution in [3.63, 3.8) is 0 Å². The lowest BCUT2D eigenvalue weighted by Crippen LogP contribution is -2.20. The van der Waals surface area contributed by atoms with Crippen LogP contribution in [0.15, 0.2) is 36.4 Å². The summed E-state index contributed by atoms with van der Waals surface area (Å²) in [6.07, 6.45) is 0. The second-order valence-corrected chi connectivity index (χ2v) is 6.46. The Morgan fingerprint density at radius 1 is 1.11 bits per heavy atom. The molecule has 1 aromatic heterocycles. The fourth-order valence-corrected chi connectivity index (χ4v) is 2.69. The molecule has 1 N–H and O–H groups in total. The molecule has 0 aliphatic heterocycles. The molecule has 0 saturated heterocycles. The molecule has 3 aromatic rings. The number of non-ortho nitro benzene ring substituents is 1. The number of nitro benzene ring substituents is 1. The molecule has 0 unspecified atom stereocenters. The van der Waals surface area contributed by atoms with E-state index >= 15 is 0 Å². The lowest BCUT2D eigenvalue weighted by Gasteiger charge is -2.08. The van der Waals surface area contributed by atoms with E-state index in [9.17, 15) is 14.9 Å². The van der Waals surface area contributed by atoms with Crippen molar-refractivity contribution in [2.24, 2.45) is 0 Å². The molecule has 0 spiro atoms. The fraction of sp³-hybridized carbons (Fsp3) is 0.0667. The van der Waals surface area contributed by atoms with E-state index in [0.717, 1.165) is 4.80 Å². The molecule has 138 valence electrons. The maximum absolute atomic E-state index is 12.1. The van der Waals surface area contributed by atoms with Crippen LogP contribution < -0.4 is 5.32 Å². The van der Waals surface area contributed by atoms with Gasteiger partial charge in [0.2, 0.25) is 11.7 Å². The Kier molecular flexibility index (Phi) is 5.54. The number of carbonyl (C=O) groups is 1. The second-order valence-electron chi connectivity index (χ2n) is 5.24. The van der Waals surface area contributed by atoms with E-state index < -0.39 is 10.8 Å². The summed E-state index contributed by atoms with van der Waals surface area (Å²) < 4.78 is 0. The summed E-state index contributed by atoms with van der Waals surface area (Å²) in [5.41, 5.74) is 0.774. The third kappa shape index (κ3) is 4.51. The van der Waals surface area contributed by atoms with E-state index in [1.165, 1.54) is 36.4 Å². The van der Waals surface area contributed by atoms with Gasteiger partial charge in [0, 0.05) is 17.7 Å². The number of hydrogen-bond donors (Lipinski definition) is 1. The number of hydrogen-bond acceptors (Lipinski definition) is 6. The Morgan fingerprint density at radius 2 is 1.78 bits per heavy atom. The van der Waals surface area contributed by atoms with Gasteiger partial charge in [-0.3, -0.25) is 14.9 Å². The summed E-state index contributed by atoms with van der Waals surface area (Å²) in [5, 5.41) is 25.7. The van der Waals surface area contributed by atoms with E-state index in [4.69, 9.17) is 34.8 Å². The van der Waals surface area contributed by atoms with Crippen molar-refractivity contribution in [3.05, 3.63) is 61.6 Å². The van der Waals surface area contributed by atoms with Crippen LogP contribution in [0.1, 0.15) is 0 Å². The van der Waals surface area contributed by atoms with Crippen LogP contribution >= 0.6 is 34.8 Å². The normalized spacial score (nSPS) is 10.6. The molecule has 1 heterocycles. The molecule has 2 aromatic carbocycles.